The molecule has 0 spiro atoms. The van der Waals surface area contributed by atoms with Crippen LogP contribution in [0.2, 0.25) is 5.02 Å². The second-order valence-electron chi connectivity index (χ2n) is 7.86. The van der Waals surface area contributed by atoms with Crippen molar-refractivity contribution in [3.05, 3.63) is 70.5 Å². The first-order chi connectivity index (χ1) is 15.8. The Morgan fingerprint density at radius 3 is 2.64 bits per heavy atom. The Bertz CT molecular complexity index is 1100. The number of rotatable bonds is 10. The maximum atomic E-state index is 12.1. The molecule has 1 heterocycles. The number of esters is 1. The van der Waals surface area contributed by atoms with Crippen LogP contribution in [0.1, 0.15) is 36.5 Å². The van der Waals surface area contributed by atoms with Gasteiger partial charge in [-0.25, -0.2) is 0 Å². The summed E-state index contributed by atoms with van der Waals surface area (Å²) in [4.78, 5) is 24.0. The molecule has 3 rings (SSSR count). The van der Waals surface area contributed by atoms with Crippen molar-refractivity contribution in [2.24, 2.45) is 0 Å². The Hall–Kier alpha value is -2.84. The van der Waals surface area contributed by atoms with Gasteiger partial charge in [-0.2, -0.15) is 0 Å². The van der Waals surface area contributed by atoms with Crippen LogP contribution >= 0.6 is 23.4 Å². The standard InChI is InChI=1S/C24H27ClN4O3S/c1-16(2)19-7-5-18(6-8-19)10-11-26-22(30)13-32-23(31)14-33-24-28-27-15-29(24)20-9-4-17(3)21(25)12-20/h4-9,12,15-16H,10-11,13-14H2,1-3H3,(H,26,30). The maximum absolute atomic E-state index is 12.1. The zero-order valence-corrected chi connectivity index (χ0v) is 20.4. The predicted octanol–water partition coefficient (Wildman–Crippen LogP) is 4.35. The van der Waals surface area contributed by atoms with E-state index in [1.807, 2.05) is 25.1 Å². The highest BCUT2D eigenvalue weighted by Crippen LogP contribution is 2.23. The Morgan fingerprint density at radius 1 is 1.18 bits per heavy atom. The number of hydrogen-bond acceptors (Lipinski definition) is 6. The number of halogens is 1. The van der Waals surface area contributed by atoms with Gasteiger partial charge >= 0.3 is 5.97 Å². The number of thioether (sulfide) groups is 1. The van der Waals surface area contributed by atoms with Crippen LogP contribution in [0.3, 0.4) is 0 Å². The fourth-order valence-corrected chi connectivity index (χ4v) is 3.91. The molecule has 0 aliphatic rings. The number of benzene rings is 2. The van der Waals surface area contributed by atoms with Crippen LogP contribution in [-0.2, 0) is 20.7 Å². The minimum atomic E-state index is -0.504. The second-order valence-corrected chi connectivity index (χ2v) is 9.21. The number of nitrogens with zero attached hydrogens (tertiary/aromatic N) is 3. The molecule has 1 aromatic heterocycles. The highest BCUT2D eigenvalue weighted by Gasteiger charge is 2.13. The van der Waals surface area contributed by atoms with Crippen LogP contribution in [0, 0.1) is 6.92 Å². The summed E-state index contributed by atoms with van der Waals surface area (Å²) >= 11 is 7.37. The zero-order valence-electron chi connectivity index (χ0n) is 18.9. The molecule has 174 valence electrons. The van der Waals surface area contributed by atoms with Crippen LogP contribution in [0.15, 0.2) is 53.9 Å². The van der Waals surface area contributed by atoms with Gasteiger partial charge in [-0.05, 0) is 48.1 Å². The third kappa shape index (κ3) is 7.33. The maximum Gasteiger partial charge on any atom is 0.316 e. The van der Waals surface area contributed by atoms with Gasteiger partial charge in [0.05, 0.1) is 11.4 Å². The average molecular weight is 487 g/mol. The largest absolute Gasteiger partial charge is 0.455 e. The molecule has 0 saturated carbocycles. The lowest BCUT2D eigenvalue weighted by atomic mass is 10.0. The van der Waals surface area contributed by atoms with Crippen molar-refractivity contribution >= 4 is 35.2 Å². The summed E-state index contributed by atoms with van der Waals surface area (Å²) in [7, 11) is 0. The molecule has 0 aliphatic heterocycles. The molecule has 0 radical (unpaired) electrons. The fraction of sp³-hybridized carbons (Fsp3) is 0.333. The highest BCUT2D eigenvalue weighted by atomic mass is 35.5. The third-order valence-electron chi connectivity index (χ3n) is 5.02. The first kappa shape index (κ1) is 24.8. The first-order valence-corrected chi connectivity index (χ1v) is 12.0. The van der Waals surface area contributed by atoms with Crippen LogP contribution in [0.5, 0.6) is 0 Å². The van der Waals surface area contributed by atoms with E-state index in [4.69, 9.17) is 16.3 Å². The first-order valence-electron chi connectivity index (χ1n) is 10.6. The van der Waals surface area contributed by atoms with Crippen molar-refractivity contribution < 1.29 is 14.3 Å². The van der Waals surface area contributed by atoms with Gasteiger partial charge in [-0.3, -0.25) is 14.2 Å². The lowest BCUT2D eigenvalue weighted by molar-refractivity contribution is -0.145. The molecule has 0 aliphatic carbocycles. The van der Waals surface area contributed by atoms with Gasteiger partial charge < -0.3 is 10.1 Å². The van der Waals surface area contributed by atoms with E-state index in [-0.39, 0.29) is 18.3 Å². The fourth-order valence-electron chi connectivity index (χ4n) is 3.01. The summed E-state index contributed by atoms with van der Waals surface area (Å²) in [6.45, 7) is 6.39. The van der Waals surface area contributed by atoms with E-state index in [2.05, 4.69) is 53.6 Å². The Kier molecular flexibility index (Phi) is 8.91. The molecule has 9 heteroatoms. The van der Waals surface area contributed by atoms with Gasteiger partial charge in [0.1, 0.15) is 6.33 Å². The van der Waals surface area contributed by atoms with Crippen LogP contribution in [0.4, 0.5) is 0 Å². The topological polar surface area (TPSA) is 86.1 Å². The normalized spacial score (nSPS) is 10.9. The van der Waals surface area contributed by atoms with Crippen LogP contribution < -0.4 is 5.32 Å². The molecule has 0 atom stereocenters. The summed E-state index contributed by atoms with van der Waals surface area (Å²) in [5, 5.41) is 11.9. The van der Waals surface area contributed by atoms with E-state index >= 15 is 0 Å². The van der Waals surface area contributed by atoms with Crippen molar-refractivity contribution in [3.8, 4) is 5.69 Å². The molecule has 0 saturated heterocycles. The van der Waals surface area contributed by atoms with Gasteiger partial charge in [-0.15, -0.1) is 10.2 Å². The van der Waals surface area contributed by atoms with Crippen molar-refractivity contribution in [2.45, 2.75) is 38.3 Å². The van der Waals surface area contributed by atoms with Gasteiger partial charge in [-0.1, -0.05) is 67.5 Å². The van der Waals surface area contributed by atoms with Crippen molar-refractivity contribution in [3.63, 3.8) is 0 Å². The minimum Gasteiger partial charge on any atom is -0.455 e. The molecular weight excluding hydrogens is 460 g/mol. The molecule has 7 nitrogen and oxygen atoms in total. The number of amides is 1. The van der Waals surface area contributed by atoms with Crippen LogP contribution in [-0.4, -0.2) is 45.5 Å². The van der Waals surface area contributed by atoms with E-state index in [0.717, 1.165) is 16.8 Å². The minimum absolute atomic E-state index is 0.00771. The Balaban J connectivity index is 1.39. The zero-order chi connectivity index (χ0) is 23.8. The van der Waals surface area contributed by atoms with Crippen molar-refractivity contribution in [2.75, 3.05) is 18.9 Å². The van der Waals surface area contributed by atoms with E-state index in [0.29, 0.717) is 29.1 Å². The monoisotopic (exact) mass is 486 g/mol. The number of hydrogen-bond donors (Lipinski definition) is 1. The molecule has 0 unspecified atom stereocenters. The van der Waals surface area contributed by atoms with Crippen molar-refractivity contribution in [1.29, 1.82) is 0 Å². The summed E-state index contributed by atoms with van der Waals surface area (Å²) < 4.78 is 6.82. The summed E-state index contributed by atoms with van der Waals surface area (Å²) in [5.74, 6) is -0.335. The van der Waals surface area contributed by atoms with Gasteiger partial charge in [0.15, 0.2) is 11.8 Å². The molecule has 33 heavy (non-hydrogen) atoms. The number of nitrogens with one attached hydrogen (secondary N) is 1. The lowest BCUT2D eigenvalue weighted by Crippen LogP contribution is -2.30. The summed E-state index contributed by atoms with van der Waals surface area (Å²) in [6.07, 6.45) is 2.27. The average Bonchev–Trinajstić information content (AvgIpc) is 3.27. The molecule has 2 aromatic carbocycles. The van der Waals surface area contributed by atoms with E-state index < -0.39 is 5.97 Å². The number of carbonyl (C=O) groups is 2. The number of aryl methyl sites for hydroxylation is 1. The van der Waals surface area contributed by atoms with Gasteiger partial charge in [0, 0.05) is 11.6 Å². The van der Waals surface area contributed by atoms with Crippen LogP contribution in [0.25, 0.3) is 5.69 Å². The number of aromatic nitrogens is 3. The van der Waals surface area contributed by atoms with E-state index in [1.54, 1.807) is 10.9 Å². The molecule has 3 aromatic rings. The smallest absolute Gasteiger partial charge is 0.316 e. The second kappa shape index (κ2) is 11.9. The predicted molar refractivity (Wildman–Crippen MR) is 130 cm³/mol. The van der Waals surface area contributed by atoms with Crippen molar-refractivity contribution in [1.82, 2.24) is 20.1 Å². The Morgan fingerprint density at radius 2 is 1.94 bits per heavy atom. The summed E-state index contributed by atoms with van der Waals surface area (Å²) in [6, 6.07) is 14.0. The van der Waals surface area contributed by atoms with Gasteiger partial charge in [0.25, 0.3) is 5.91 Å². The molecule has 1 N–H and O–H groups in total. The quantitative estimate of drug-likeness (QED) is 0.339. The van der Waals surface area contributed by atoms with E-state index in [9.17, 15) is 9.59 Å². The Labute approximate surface area is 202 Å². The third-order valence-corrected chi connectivity index (χ3v) is 6.34. The molecule has 1 amide bonds. The highest BCUT2D eigenvalue weighted by molar-refractivity contribution is 7.99. The molecular formula is C24H27ClN4O3S. The number of ether oxygens (including phenoxy) is 1. The van der Waals surface area contributed by atoms with E-state index in [1.165, 1.54) is 17.3 Å². The van der Waals surface area contributed by atoms with Gasteiger partial charge in [0.2, 0.25) is 0 Å². The molecule has 0 bridgehead atoms. The number of carbonyl (C=O) groups excluding carboxylic acids is 2. The summed E-state index contributed by atoms with van der Waals surface area (Å²) in [5.41, 5.74) is 4.19. The molecule has 0 fully saturated rings. The SMILES string of the molecule is Cc1ccc(-n2cnnc2SCC(=O)OCC(=O)NCCc2ccc(C(C)C)cc2)cc1Cl. The lowest BCUT2D eigenvalue weighted by Gasteiger charge is -2.09.